The second kappa shape index (κ2) is 7.33. The van der Waals surface area contributed by atoms with E-state index in [9.17, 15) is 10.2 Å². The van der Waals surface area contributed by atoms with Gasteiger partial charge in [0.25, 0.3) is 0 Å². The quantitative estimate of drug-likeness (QED) is 0.392. The molecule has 0 bridgehead atoms. The van der Waals surface area contributed by atoms with E-state index in [4.69, 9.17) is 4.98 Å². The van der Waals surface area contributed by atoms with Crippen molar-refractivity contribution in [2.24, 2.45) is 5.10 Å². The van der Waals surface area contributed by atoms with Crippen molar-refractivity contribution >= 4 is 32.9 Å². The maximum absolute atomic E-state index is 10.0. The smallest absolute Gasteiger partial charge is 0.207 e. The van der Waals surface area contributed by atoms with Crippen LogP contribution in [0.2, 0.25) is 0 Å². The van der Waals surface area contributed by atoms with Crippen LogP contribution >= 0.6 is 11.3 Å². The molecule has 0 amide bonds. The fourth-order valence-corrected chi connectivity index (χ4v) is 4.35. The van der Waals surface area contributed by atoms with Crippen molar-refractivity contribution in [2.45, 2.75) is 38.1 Å². The summed E-state index contributed by atoms with van der Waals surface area (Å²) >= 11 is 1.63. The number of rotatable bonds is 4. The number of benzene rings is 2. The van der Waals surface area contributed by atoms with E-state index < -0.39 is 0 Å². The molecule has 0 unspecified atom stereocenters. The van der Waals surface area contributed by atoms with Crippen LogP contribution in [0.15, 0.2) is 47.6 Å². The summed E-state index contributed by atoms with van der Waals surface area (Å²) in [5.41, 5.74) is 1.47. The highest BCUT2D eigenvalue weighted by atomic mass is 32.1. The maximum Gasteiger partial charge on any atom is 0.207 e. The first-order valence-electron chi connectivity index (χ1n) is 8.91. The molecule has 1 aromatic heterocycles. The number of hydrazone groups is 1. The van der Waals surface area contributed by atoms with Crippen molar-refractivity contribution in [2.75, 3.05) is 5.01 Å². The van der Waals surface area contributed by atoms with E-state index in [1.54, 1.807) is 17.6 Å². The van der Waals surface area contributed by atoms with Gasteiger partial charge in [-0.1, -0.05) is 42.7 Å². The van der Waals surface area contributed by atoms with Gasteiger partial charge in [-0.15, -0.1) is 0 Å². The summed E-state index contributed by atoms with van der Waals surface area (Å²) in [6.45, 7) is 0. The first-order valence-corrected chi connectivity index (χ1v) is 9.73. The number of hydrogen-bond donors (Lipinski definition) is 2. The van der Waals surface area contributed by atoms with Crippen LogP contribution in [0.4, 0.5) is 5.13 Å². The maximum atomic E-state index is 10.0. The Kier molecular flexibility index (Phi) is 4.75. The van der Waals surface area contributed by atoms with Crippen molar-refractivity contribution in [3.8, 4) is 11.5 Å². The van der Waals surface area contributed by atoms with E-state index in [1.807, 2.05) is 23.2 Å². The average Bonchev–Trinajstić information content (AvgIpc) is 3.09. The molecule has 0 aliphatic heterocycles. The Hall–Kier alpha value is -2.60. The molecule has 1 fully saturated rings. The highest BCUT2D eigenvalue weighted by molar-refractivity contribution is 7.22. The van der Waals surface area contributed by atoms with Gasteiger partial charge in [-0.05, 0) is 43.2 Å². The van der Waals surface area contributed by atoms with Crippen molar-refractivity contribution in [3.05, 3.63) is 48.0 Å². The molecule has 1 heterocycles. The fraction of sp³-hybridized carbons (Fsp3) is 0.300. The summed E-state index contributed by atoms with van der Waals surface area (Å²) in [5, 5.41) is 27.2. The molecule has 1 aliphatic rings. The minimum Gasteiger partial charge on any atom is -0.508 e. The third kappa shape index (κ3) is 3.51. The molecule has 3 aromatic rings. The van der Waals surface area contributed by atoms with Gasteiger partial charge in [0.15, 0.2) is 0 Å². The van der Waals surface area contributed by atoms with Crippen LogP contribution in [0.1, 0.15) is 37.7 Å². The summed E-state index contributed by atoms with van der Waals surface area (Å²) in [5.74, 6) is 0.202. The largest absolute Gasteiger partial charge is 0.508 e. The van der Waals surface area contributed by atoms with Crippen LogP contribution in [0.25, 0.3) is 10.2 Å². The average molecular weight is 367 g/mol. The van der Waals surface area contributed by atoms with E-state index in [0.717, 1.165) is 28.2 Å². The van der Waals surface area contributed by atoms with E-state index in [1.165, 1.54) is 37.5 Å². The molecule has 2 N–H and O–H groups in total. The molecular weight excluding hydrogens is 346 g/mol. The fourth-order valence-electron chi connectivity index (χ4n) is 3.35. The summed E-state index contributed by atoms with van der Waals surface area (Å²) in [6.07, 6.45) is 7.42. The normalized spacial score (nSPS) is 15.7. The van der Waals surface area contributed by atoms with Crippen LogP contribution in [0.5, 0.6) is 11.5 Å². The van der Waals surface area contributed by atoms with Crippen molar-refractivity contribution in [1.82, 2.24) is 4.98 Å². The monoisotopic (exact) mass is 367 g/mol. The van der Waals surface area contributed by atoms with Gasteiger partial charge in [-0.2, -0.15) is 5.10 Å². The molecule has 0 saturated heterocycles. The Morgan fingerprint density at radius 2 is 1.88 bits per heavy atom. The predicted molar refractivity (Wildman–Crippen MR) is 106 cm³/mol. The van der Waals surface area contributed by atoms with Gasteiger partial charge in [0.2, 0.25) is 5.13 Å². The number of para-hydroxylation sites is 1. The minimum absolute atomic E-state index is 0.0967. The van der Waals surface area contributed by atoms with E-state index in [-0.39, 0.29) is 11.5 Å². The Morgan fingerprint density at radius 1 is 1.08 bits per heavy atom. The number of aromatic nitrogens is 1. The number of phenols is 2. The number of nitrogens with zero attached hydrogens (tertiary/aromatic N) is 3. The van der Waals surface area contributed by atoms with Gasteiger partial charge in [-0.3, -0.25) is 0 Å². The molecule has 0 atom stereocenters. The minimum atomic E-state index is 0.0967. The lowest BCUT2D eigenvalue weighted by Gasteiger charge is -2.30. The first kappa shape index (κ1) is 16.8. The van der Waals surface area contributed by atoms with Gasteiger partial charge in [0.05, 0.1) is 22.5 Å². The van der Waals surface area contributed by atoms with Crippen molar-refractivity contribution in [1.29, 1.82) is 0 Å². The Balaban J connectivity index is 1.70. The van der Waals surface area contributed by atoms with Crippen molar-refractivity contribution < 1.29 is 10.2 Å². The predicted octanol–water partition coefficient (Wildman–Crippen LogP) is 4.88. The van der Waals surface area contributed by atoms with Gasteiger partial charge < -0.3 is 10.2 Å². The lowest BCUT2D eigenvalue weighted by Crippen LogP contribution is -2.32. The molecule has 4 rings (SSSR count). The van der Waals surface area contributed by atoms with Crippen LogP contribution in [0.3, 0.4) is 0 Å². The van der Waals surface area contributed by atoms with Crippen LogP contribution in [0, 0.1) is 0 Å². The molecule has 26 heavy (non-hydrogen) atoms. The number of hydrogen-bond acceptors (Lipinski definition) is 6. The van der Waals surface area contributed by atoms with Gasteiger partial charge >= 0.3 is 0 Å². The Labute approximate surface area is 156 Å². The topological polar surface area (TPSA) is 69.0 Å². The van der Waals surface area contributed by atoms with E-state index >= 15 is 0 Å². The highest BCUT2D eigenvalue weighted by Crippen LogP contribution is 2.34. The van der Waals surface area contributed by atoms with Gasteiger partial charge in [0, 0.05) is 5.56 Å². The molecule has 1 aliphatic carbocycles. The number of aromatic hydroxyl groups is 2. The lowest BCUT2D eigenvalue weighted by molar-refractivity contribution is 0.419. The van der Waals surface area contributed by atoms with Crippen LogP contribution < -0.4 is 5.01 Å². The Bertz CT molecular complexity index is 899. The zero-order valence-electron chi connectivity index (χ0n) is 14.4. The molecule has 6 heteroatoms. The number of phenolic OH excluding ortho intramolecular Hbond substituents is 2. The molecule has 0 radical (unpaired) electrons. The standard InChI is InChI=1S/C20H21N3O2S/c24-16-10-11-18(25)14(12-16)13-21-23(15-6-2-1-3-7-15)20-22-17-8-4-5-9-19(17)26-20/h4-5,8-13,15,24-25H,1-3,6-7H2/b21-13+. The van der Waals surface area contributed by atoms with Crippen LogP contribution in [-0.4, -0.2) is 27.5 Å². The number of fused-ring (bicyclic) bond motifs is 1. The first-order chi connectivity index (χ1) is 12.7. The van der Waals surface area contributed by atoms with Crippen molar-refractivity contribution in [3.63, 3.8) is 0 Å². The molecule has 1 saturated carbocycles. The molecular formula is C20H21N3O2S. The zero-order chi connectivity index (χ0) is 17.9. The molecule has 0 spiro atoms. The van der Waals surface area contributed by atoms with Gasteiger partial charge in [0.1, 0.15) is 11.5 Å². The van der Waals surface area contributed by atoms with Gasteiger partial charge in [-0.25, -0.2) is 9.99 Å². The third-order valence-corrected chi connectivity index (χ3v) is 5.76. The highest BCUT2D eigenvalue weighted by Gasteiger charge is 2.23. The van der Waals surface area contributed by atoms with E-state index in [2.05, 4.69) is 11.2 Å². The lowest BCUT2D eigenvalue weighted by atomic mass is 9.95. The molecule has 134 valence electrons. The number of thiazole rings is 1. The second-order valence-corrected chi connectivity index (χ2v) is 7.60. The second-order valence-electron chi connectivity index (χ2n) is 6.59. The molecule has 5 nitrogen and oxygen atoms in total. The third-order valence-electron chi connectivity index (χ3n) is 4.73. The summed E-state index contributed by atoms with van der Waals surface area (Å²) in [7, 11) is 0. The summed E-state index contributed by atoms with van der Waals surface area (Å²) in [4.78, 5) is 4.76. The zero-order valence-corrected chi connectivity index (χ0v) is 15.2. The SMILES string of the molecule is Oc1ccc(O)c(/C=N/N(c2nc3ccccc3s2)C2CCCCC2)c1. The van der Waals surface area contributed by atoms with E-state index in [0.29, 0.717) is 11.6 Å². The summed E-state index contributed by atoms with van der Waals surface area (Å²) < 4.78 is 1.14. The molecule has 2 aromatic carbocycles. The number of anilines is 1. The summed E-state index contributed by atoms with van der Waals surface area (Å²) in [6, 6.07) is 12.8. The van der Waals surface area contributed by atoms with Crippen LogP contribution in [-0.2, 0) is 0 Å². The Morgan fingerprint density at radius 3 is 2.69 bits per heavy atom.